The van der Waals surface area contributed by atoms with Gasteiger partial charge in [-0.05, 0) is 30.7 Å². The van der Waals surface area contributed by atoms with Crippen LogP contribution in [0.15, 0.2) is 40.2 Å². The van der Waals surface area contributed by atoms with Crippen LogP contribution in [0.3, 0.4) is 0 Å². The van der Waals surface area contributed by atoms with E-state index < -0.39 is 0 Å². The Labute approximate surface area is 137 Å². The Bertz CT molecular complexity index is 344. The third-order valence-electron chi connectivity index (χ3n) is 2.43. The highest BCUT2D eigenvalue weighted by Crippen LogP contribution is 2.17. The predicted octanol–water partition coefficient (Wildman–Crippen LogP) is 3.49. The smallest absolute Gasteiger partial charge is 0.188 e. The summed E-state index contributed by atoms with van der Waals surface area (Å²) < 4.78 is 0. The van der Waals surface area contributed by atoms with E-state index in [-0.39, 0.29) is 24.0 Å². The monoisotopic (exact) mass is 393 g/mol. The average Bonchev–Trinajstić information content (AvgIpc) is 2.40. The van der Waals surface area contributed by atoms with Gasteiger partial charge in [0, 0.05) is 18.0 Å². The van der Waals surface area contributed by atoms with Gasteiger partial charge < -0.3 is 11.1 Å². The van der Waals surface area contributed by atoms with Crippen LogP contribution in [0.4, 0.5) is 0 Å². The maximum atomic E-state index is 5.74. The molecule has 108 valence electrons. The van der Waals surface area contributed by atoms with Crippen molar-refractivity contribution in [1.29, 1.82) is 0 Å². The van der Waals surface area contributed by atoms with Crippen molar-refractivity contribution >= 4 is 41.7 Å². The Morgan fingerprint density at radius 3 is 2.68 bits per heavy atom. The molecule has 0 saturated heterocycles. The first-order chi connectivity index (χ1) is 8.83. The van der Waals surface area contributed by atoms with E-state index in [4.69, 9.17) is 5.73 Å². The molecule has 19 heavy (non-hydrogen) atoms. The van der Waals surface area contributed by atoms with Crippen molar-refractivity contribution in [3.8, 4) is 0 Å². The summed E-state index contributed by atoms with van der Waals surface area (Å²) in [5, 5.41) is 3.11. The number of thioether (sulfide) groups is 1. The summed E-state index contributed by atoms with van der Waals surface area (Å²) in [4.78, 5) is 5.61. The van der Waals surface area contributed by atoms with Crippen LogP contribution in [0.1, 0.15) is 26.2 Å². The highest BCUT2D eigenvalue weighted by atomic mass is 127. The molecular weight excluding hydrogens is 369 g/mol. The predicted molar refractivity (Wildman–Crippen MR) is 96.6 cm³/mol. The fourth-order valence-corrected chi connectivity index (χ4v) is 2.28. The molecule has 0 aliphatic heterocycles. The van der Waals surface area contributed by atoms with Gasteiger partial charge in [0.05, 0.1) is 0 Å². The lowest BCUT2D eigenvalue weighted by Crippen LogP contribution is -2.32. The third kappa shape index (κ3) is 10.1. The molecule has 5 heteroatoms. The van der Waals surface area contributed by atoms with E-state index in [1.807, 2.05) is 17.8 Å². The first-order valence-electron chi connectivity index (χ1n) is 6.54. The second kappa shape index (κ2) is 12.6. The molecule has 0 unspecified atom stereocenters. The molecule has 0 atom stereocenters. The molecule has 0 heterocycles. The molecule has 0 amide bonds. The molecule has 0 bridgehead atoms. The molecular formula is C14H24IN3S. The van der Waals surface area contributed by atoms with Crippen molar-refractivity contribution in [1.82, 2.24) is 5.32 Å². The summed E-state index contributed by atoms with van der Waals surface area (Å²) in [7, 11) is 0. The minimum atomic E-state index is 0. The van der Waals surface area contributed by atoms with E-state index in [1.54, 1.807) is 0 Å². The van der Waals surface area contributed by atoms with Gasteiger partial charge in [0.1, 0.15) is 0 Å². The van der Waals surface area contributed by atoms with Crippen molar-refractivity contribution in [2.45, 2.75) is 31.1 Å². The van der Waals surface area contributed by atoms with Crippen molar-refractivity contribution in [2.75, 3.05) is 18.8 Å². The topological polar surface area (TPSA) is 50.4 Å². The molecule has 0 spiro atoms. The van der Waals surface area contributed by atoms with Crippen LogP contribution in [0.5, 0.6) is 0 Å². The van der Waals surface area contributed by atoms with Gasteiger partial charge in [-0.1, -0.05) is 31.5 Å². The third-order valence-corrected chi connectivity index (χ3v) is 3.53. The number of unbranched alkanes of at least 4 members (excludes halogenated alkanes) is 1. The standard InChI is InChI=1S/C14H23N3S.HI/c1-2-3-10-16-14(15)17-11-7-12-18-13-8-5-4-6-9-13;/h4-6,8-9H,2-3,7,10-12H2,1H3,(H3,15,16,17);1H. The molecule has 0 aliphatic carbocycles. The van der Waals surface area contributed by atoms with Gasteiger partial charge in [-0.3, -0.25) is 4.99 Å². The van der Waals surface area contributed by atoms with E-state index in [1.165, 1.54) is 11.3 Å². The Kier molecular flexibility index (Phi) is 12.3. The van der Waals surface area contributed by atoms with Gasteiger partial charge in [0.15, 0.2) is 5.96 Å². The van der Waals surface area contributed by atoms with Crippen LogP contribution in [0, 0.1) is 0 Å². The highest BCUT2D eigenvalue weighted by molar-refractivity contribution is 14.0. The van der Waals surface area contributed by atoms with Crippen LogP contribution in [0.25, 0.3) is 0 Å². The number of rotatable bonds is 8. The second-order valence-corrected chi connectivity index (χ2v) is 5.23. The Morgan fingerprint density at radius 1 is 1.26 bits per heavy atom. The Balaban J connectivity index is 0.00000324. The molecule has 0 aliphatic rings. The molecule has 0 saturated carbocycles. The fourth-order valence-electron chi connectivity index (χ4n) is 1.42. The highest BCUT2D eigenvalue weighted by Gasteiger charge is 1.93. The van der Waals surface area contributed by atoms with Gasteiger partial charge in [-0.25, -0.2) is 0 Å². The number of hydrogen-bond acceptors (Lipinski definition) is 2. The van der Waals surface area contributed by atoms with Crippen LogP contribution < -0.4 is 11.1 Å². The quantitative estimate of drug-likeness (QED) is 0.234. The number of nitrogens with zero attached hydrogens (tertiary/aromatic N) is 1. The van der Waals surface area contributed by atoms with Gasteiger partial charge in [-0.2, -0.15) is 0 Å². The molecule has 1 rings (SSSR count). The molecule has 1 aromatic carbocycles. The summed E-state index contributed by atoms with van der Waals surface area (Å²) in [5.74, 6) is 1.66. The van der Waals surface area contributed by atoms with Gasteiger partial charge in [-0.15, -0.1) is 35.7 Å². The molecule has 1 aromatic rings. The van der Waals surface area contributed by atoms with E-state index in [2.05, 4.69) is 41.5 Å². The van der Waals surface area contributed by atoms with Gasteiger partial charge >= 0.3 is 0 Å². The summed E-state index contributed by atoms with van der Waals surface area (Å²) in [6, 6.07) is 10.4. The Hall–Kier alpha value is -0.430. The van der Waals surface area contributed by atoms with Crippen molar-refractivity contribution in [2.24, 2.45) is 10.7 Å². The van der Waals surface area contributed by atoms with Crippen LogP contribution in [-0.4, -0.2) is 24.8 Å². The number of guanidine groups is 1. The summed E-state index contributed by atoms with van der Waals surface area (Å²) in [6.45, 7) is 3.88. The number of nitrogens with two attached hydrogens (primary N) is 1. The second-order valence-electron chi connectivity index (χ2n) is 4.06. The van der Waals surface area contributed by atoms with Crippen molar-refractivity contribution in [3.63, 3.8) is 0 Å². The van der Waals surface area contributed by atoms with Gasteiger partial charge in [0.25, 0.3) is 0 Å². The lowest BCUT2D eigenvalue weighted by molar-refractivity contribution is 0.747. The normalized spacial score (nSPS) is 10.9. The number of benzene rings is 1. The minimum Gasteiger partial charge on any atom is -0.370 e. The van der Waals surface area contributed by atoms with E-state index >= 15 is 0 Å². The zero-order chi connectivity index (χ0) is 13.1. The lowest BCUT2D eigenvalue weighted by atomic mass is 10.3. The first-order valence-corrected chi connectivity index (χ1v) is 7.53. The van der Waals surface area contributed by atoms with Crippen LogP contribution in [-0.2, 0) is 0 Å². The molecule has 0 fully saturated rings. The number of nitrogens with one attached hydrogen (secondary N) is 1. The largest absolute Gasteiger partial charge is 0.370 e. The van der Waals surface area contributed by atoms with Gasteiger partial charge in [0.2, 0.25) is 0 Å². The summed E-state index contributed by atoms with van der Waals surface area (Å²) in [5.41, 5.74) is 5.74. The number of aliphatic imine (C=N–C) groups is 1. The lowest BCUT2D eigenvalue weighted by Gasteiger charge is -2.04. The zero-order valence-corrected chi connectivity index (χ0v) is 14.6. The van der Waals surface area contributed by atoms with E-state index in [9.17, 15) is 0 Å². The maximum Gasteiger partial charge on any atom is 0.188 e. The van der Waals surface area contributed by atoms with E-state index in [0.29, 0.717) is 5.96 Å². The Morgan fingerprint density at radius 2 is 2.00 bits per heavy atom. The molecule has 0 radical (unpaired) electrons. The molecule has 3 N–H and O–H groups in total. The molecule has 0 aromatic heterocycles. The summed E-state index contributed by atoms with van der Waals surface area (Å²) in [6.07, 6.45) is 3.36. The SMILES string of the molecule is CCCCNC(N)=NCCCSc1ccccc1.I. The first kappa shape index (κ1) is 18.6. The van der Waals surface area contributed by atoms with Crippen LogP contribution >= 0.6 is 35.7 Å². The van der Waals surface area contributed by atoms with Crippen LogP contribution in [0.2, 0.25) is 0 Å². The fraction of sp³-hybridized carbons (Fsp3) is 0.500. The average molecular weight is 393 g/mol. The number of hydrogen-bond donors (Lipinski definition) is 2. The molecule has 3 nitrogen and oxygen atoms in total. The van der Waals surface area contributed by atoms with Crippen molar-refractivity contribution < 1.29 is 0 Å². The maximum absolute atomic E-state index is 5.74. The minimum absolute atomic E-state index is 0. The summed E-state index contributed by atoms with van der Waals surface area (Å²) >= 11 is 1.86. The van der Waals surface area contributed by atoms with E-state index in [0.717, 1.165) is 31.7 Å². The number of halogens is 1. The zero-order valence-electron chi connectivity index (χ0n) is 11.5. The van der Waals surface area contributed by atoms with Crippen molar-refractivity contribution in [3.05, 3.63) is 30.3 Å².